The number of imidazole rings is 1. The Balaban J connectivity index is 2.38. The molecule has 1 aromatic carbocycles. The molecule has 4 heteroatoms. The van der Waals surface area contributed by atoms with Crippen LogP contribution >= 0.6 is 0 Å². The Hall–Kier alpha value is -1.84. The minimum Gasteiger partial charge on any atom is -0.352 e. The average Bonchev–Trinajstić information content (AvgIpc) is 2.84. The fourth-order valence-corrected chi connectivity index (χ4v) is 2.51. The molecule has 1 amide bonds. The summed E-state index contributed by atoms with van der Waals surface area (Å²) in [4.78, 5) is 17.1. The normalized spacial score (nSPS) is 14.1. The van der Waals surface area contributed by atoms with Crippen molar-refractivity contribution in [3.05, 3.63) is 30.1 Å². The van der Waals surface area contributed by atoms with E-state index in [1.54, 1.807) is 0 Å². The van der Waals surface area contributed by atoms with E-state index in [1.165, 1.54) is 0 Å². The van der Waals surface area contributed by atoms with Crippen molar-refractivity contribution in [2.45, 2.75) is 59.0 Å². The van der Waals surface area contributed by atoms with E-state index < -0.39 is 0 Å². The molecule has 1 aromatic heterocycles. The smallest absolute Gasteiger partial charge is 0.243 e. The van der Waals surface area contributed by atoms with Crippen LogP contribution < -0.4 is 5.32 Å². The van der Waals surface area contributed by atoms with Crippen molar-refractivity contribution < 1.29 is 4.79 Å². The summed E-state index contributed by atoms with van der Waals surface area (Å²) >= 11 is 0. The number of benzene rings is 1. The first kappa shape index (κ1) is 15.5. The molecule has 2 atom stereocenters. The van der Waals surface area contributed by atoms with Crippen LogP contribution in [0, 0.1) is 0 Å². The molecule has 21 heavy (non-hydrogen) atoms. The number of nitrogens with zero attached hydrogens (tertiary/aromatic N) is 2. The Morgan fingerprint density at radius 1 is 1.29 bits per heavy atom. The average molecular weight is 287 g/mol. The molecule has 2 unspecified atom stereocenters. The fourth-order valence-electron chi connectivity index (χ4n) is 2.51. The fraction of sp³-hybridized carbons (Fsp3) is 0.529. The van der Waals surface area contributed by atoms with Crippen molar-refractivity contribution in [2.75, 3.05) is 0 Å². The molecule has 0 spiro atoms. The number of hydrogen-bond donors (Lipinski definition) is 1. The molecule has 0 aliphatic rings. The van der Waals surface area contributed by atoms with Crippen LogP contribution in [-0.2, 0) is 11.2 Å². The Morgan fingerprint density at radius 2 is 2.00 bits per heavy atom. The SMILES string of the molecule is CCCc1nc2ccccc2n1C(C)C(=O)NC(C)CC. The van der Waals surface area contributed by atoms with E-state index in [1.807, 2.05) is 38.1 Å². The highest BCUT2D eigenvalue weighted by molar-refractivity contribution is 5.84. The summed E-state index contributed by atoms with van der Waals surface area (Å²) in [6.07, 6.45) is 2.84. The molecule has 0 aliphatic heterocycles. The van der Waals surface area contributed by atoms with Crippen LogP contribution in [0.3, 0.4) is 0 Å². The van der Waals surface area contributed by atoms with Gasteiger partial charge in [0.15, 0.2) is 0 Å². The van der Waals surface area contributed by atoms with Crippen molar-refractivity contribution in [1.82, 2.24) is 14.9 Å². The van der Waals surface area contributed by atoms with Crippen LogP contribution in [0.5, 0.6) is 0 Å². The lowest BCUT2D eigenvalue weighted by molar-refractivity contribution is -0.124. The summed E-state index contributed by atoms with van der Waals surface area (Å²) in [5.41, 5.74) is 2.00. The molecule has 1 N–H and O–H groups in total. The van der Waals surface area contributed by atoms with Gasteiger partial charge in [0, 0.05) is 12.5 Å². The van der Waals surface area contributed by atoms with Gasteiger partial charge in [-0.05, 0) is 38.8 Å². The van der Waals surface area contributed by atoms with Crippen LogP contribution in [0.25, 0.3) is 11.0 Å². The summed E-state index contributed by atoms with van der Waals surface area (Å²) in [5, 5.41) is 3.06. The summed E-state index contributed by atoms with van der Waals surface area (Å²) < 4.78 is 2.08. The number of carbonyl (C=O) groups is 1. The van der Waals surface area contributed by atoms with Crippen molar-refractivity contribution in [2.24, 2.45) is 0 Å². The van der Waals surface area contributed by atoms with E-state index in [0.717, 1.165) is 36.1 Å². The number of hydrogen-bond acceptors (Lipinski definition) is 2. The zero-order valence-corrected chi connectivity index (χ0v) is 13.4. The second-order valence-corrected chi connectivity index (χ2v) is 5.63. The standard InChI is InChI=1S/C17H25N3O/c1-5-9-16-19-14-10-7-8-11-15(14)20(16)13(4)17(21)18-12(3)6-2/h7-8,10-13H,5-6,9H2,1-4H3,(H,18,21). The molecular weight excluding hydrogens is 262 g/mol. The second-order valence-electron chi connectivity index (χ2n) is 5.63. The molecular formula is C17H25N3O. The minimum atomic E-state index is -0.243. The Morgan fingerprint density at radius 3 is 2.67 bits per heavy atom. The molecule has 0 saturated carbocycles. The number of carbonyl (C=O) groups excluding carboxylic acids is 1. The van der Waals surface area contributed by atoms with Crippen LogP contribution in [-0.4, -0.2) is 21.5 Å². The van der Waals surface area contributed by atoms with Gasteiger partial charge in [0.1, 0.15) is 11.9 Å². The summed E-state index contributed by atoms with van der Waals surface area (Å²) in [6.45, 7) is 8.19. The predicted molar refractivity (Wildman–Crippen MR) is 86.3 cm³/mol. The van der Waals surface area contributed by atoms with Crippen molar-refractivity contribution in [3.63, 3.8) is 0 Å². The van der Waals surface area contributed by atoms with Gasteiger partial charge in [0.05, 0.1) is 11.0 Å². The molecule has 0 aliphatic carbocycles. The second kappa shape index (κ2) is 6.74. The number of rotatable bonds is 6. The summed E-state index contributed by atoms with van der Waals surface area (Å²) in [6, 6.07) is 7.98. The number of amides is 1. The summed E-state index contributed by atoms with van der Waals surface area (Å²) in [5.74, 6) is 1.05. The first-order valence-corrected chi connectivity index (χ1v) is 7.84. The first-order valence-electron chi connectivity index (χ1n) is 7.84. The quantitative estimate of drug-likeness (QED) is 0.884. The molecule has 0 fully saturated rings. The maximum absolute atomic E-state index is 12.5. The molecule has 4 nitrogen and oxygen atoms in total. The van der Waals surface area contributed by atoms with E-state index in [4.69, 9.17) is 0 Å². The van der Waals surface area contributed by atoms with Gasteiger partial charge in [-0.15, -0.1) is 0 Å². The van der Waals surface area contributed by atoms with Gasteiger partial charge in [-0.25, -0.2) is 4.98 Å². The highest BCUT2D eigenvalue weighted by Crippen LogP contribution is 2.22. The molecule has 0 saturated heterocycles. The van der Waals surface area contributed by atoms with Crippen molar-refractivity contribution >= 4 is 16.9 Å². The van der Waals surface area contributed by atoms with Gasteiger partial charge in [-0.3, -0.25) is 4.79 Å². The van der Waals surface area contributed by atoms with Crippen LogP contribution in [0.1, 0.15) is 52.4 Å². The molecule has 0 bridgehead atoms. The van der Waals surface area contributed by atoms with E-state index >= 15 is 0 Å². The van der Waals surface area contributed by atoms with Gasteiger partial charge in [-0.1, -0.05) is 26.0 Å². The van der Waals surface area contributed by atoms with Crippen LogP contribution in [0.2, 0.25) is 0 Å². The van der Waals surface area contributed by atoms with Crippen LogP contribution in [0.15, 0.2) is 24.3 Å². The van der Waals surface area contributed by atoms with E-state index in [0.29, 0.717) is 0 Å². The van der Waals surface area contributed by atoms with E-state index in [2.05, 4.69) is 28.7 Å². The third-order valence-corrected chi connectivity index (χ3v) is 3.91. The molecule has 0 radical (unpaired) electrons. The van der Waals surface area contributed by atoms with Gasteiger partial charge >= 0.3 is 0 Å². The van der Waals surface area contributed by atoms with E-state index in [9.17, 15) is 4.79 Å². The van der Waals surface area contributed by atoms with Crippen molar-refractivity contribution in [1.29, 1.82) is 0 Å². The van der Waals surface area contributed by atoms with Gasteiger partial charge < -0.3 is 9.88 Å². The van der Waals surface area contributed by atoms with Gasteiger partial charge in [0.2, 0.25) is 5.91 Å². The zero-order valence-electron chi connectivity index (χ0n) is 13.4. The molecule has 2 aromatic rings. The van der Waals surface area contributed by atoms with E-state index in [-0.39, 0.29) is 18.0 Å². The lowest BCUT2D eigenvalue weighted by Gasteiger charge is -2.20. The van der Waals surface area contributed by atoms with Gasteiger partial charge in [-0.2, -0.15) is 0 Å². The predicted octanol–water partition coefficient (Wildman–Crippen LogP) is 3.46. The Labute approximate surface area is 126 Å². The largest absolute Gasteiger partial charge is 0.352 e. The summed E-state index contributed by atoms with van der Waals surface area (Å²) in [7, 11) is 0. The third kappa shape index (κ3) is 3.26. The number of aromatic nitrogens is 2. The number of fused-ring (bicyclic) bond motifs is 1. The highest BCUT2D eigenvalue weighted by Gasteiger charge is 2.21. The number of nitrogens with one attached hydrogen (secondary N) is 1. The lowest BCUT2D eigenvalue weighted by Crippen LogP contribution is -2.37. The number of aryl methyl sites for hydroxylation is 1. The highest BCUT2D eigenvalue weighted by atomic mass is 16.2. The molecule has 1 heterocycles. The lowest BCUT2D eigenvalue weighted by atomic mass is 10.2. The minimum absolute atomic E-state index is 0.0601. The third-order valence-electron chi connectivity index (χ3n) is 3.91. The van der Waals surface area contributed by atoms with Crippen molar-refractivity contribution in [3.8, 4) is 0 Å². The first-order chi connectivity index (χ1) is 10.1. The van der Waals surface area contributed by atoms with Crippen LogP contribution in [0.4, 0.5) is 0 Å². The van der Waals surface area contributed by atoms with Gasteiger partial charge in [0.25, 0.3) is 0 Å². The maximum atomic E-state index is 12.5. The Bertz CT molecular complexity index is 618. The number of para-hydroxylation sites is 2. The monoisotopic (exact) mass is 287 g/mol. The molecule has 114 valence electrons. The Kier molecular flexibility index (Phi) is 4.99. The topological polar surface area (TPSA) is 46.9 Å². The zero-order chi connectivity index (χ0) is 15.4. The maximum Gasteiger partial charge on any atom is 0.243 e. The molecule has 2 rings (SSSR count).